The van der Waals surface area contributed by atoms with Crippen molar-refractivity contribution >= 4 is 44.4 Å². The highest BCUT2D eigenvalue weighted by Gasteiger charge is 2.15. The van der Waals surface area contributed by atoms with E-state index in [9.17, 15) is 0 Å². The zero-order chi connectivity index (χ0) is 15.5. The van der Waals surface area contributed by atoms with Gasteiger partial charge in [-0.1, -0.05) is 63.4 Å². The molecule has 0 aliphatic rings. The van der Waals surface area contributed by atoms with Crippen LogP contribution in [0.15, 0.2) is 42.5 Å². The minimum atomic E-state index is 0.773. The van der Waals surface area contributed by atoms with Crippen molar-refractivity contribution in [2.24, 2.45) is 5.92 Å². The van der Waals surface area contributed by atoms with Gasteiger partial charge in [-0.3, -0.25) is 0 Å². The van der Waals surface area contributed by atoms with Crippen molar-refractivity contribution < 1.29 is 0 Å². The molecule has 0 amide bonds. The van der Waals surface area contributed by atoms with E-state index in [4.69, 9.17) is 0 Å². The van der Waals surface area contributed by atoms with E-state index in [2.05, 4.69) is 83.5 Å². The number of nitrogens with zero attached hydrogens (tertiary/aromatic N) is 1. The molecule has 1 heterocycles. The Labute approximate surface area is 146 Å². The molecule has 2 heteroatoms. The van der Waals surface area contributed by atoms with Crippen LogP contribution in [-0.4, -0.2) is 4.57 Å². The summed E-state index contributed by atoms with van der Waals surface area (Å²) in [6.07, 6.45) is 5.23. The average molecular weight is 405 g/mol. The molecule has 3 aromatic rings. The maximum absolute atomic E-state index is 2.57. The maximum Gasteiger partial charge on any atom is 0.0627 e. The molecule has 1 nitrogen and oxygen atoms in total. The fraction of sp³-hybridized carbons (Fsp3) is 0.400. The minimum Gasteiger partial charge on any atom is -0.339 e. The zero-order valence-electron chi connectivity index (χ0n) is 13.5. The molecule has 0 fully saturated rings. The summed E-state index contributed by atoms with van der Waals surface area (Å²) in [5.41, 5.74) is 2.80. The molecular formula is C20H24IN. The Bertz CT molecular complexity index is 772. The van der Waals surface area contributed by atoms with Gasteiger partial charge in [0.1, 0.15) is 0 Å². The van der Waals surface area contributed by atoms with Crippen molar-refractivity contribution in [1.29, 1.82) is 0 Å². The molecule has 1 aromatic heterocycles. The van der Waals surface area contributed by atoms with E-state index in [1.165, 1.54) is 51.1 Å². The van der Waals surface area contributed by atoms with Crippen molar-refractivity contribution in [3.05, 3.63) is 46.0 Å². The predicted octanol–water partition coefficient (Wildman–Crippen LogP) is 6.62. The quantitative estimate of drug-likeness (QED) is 0.407. The first-order valence-electron chi connectivity index (χ1n) is 8.41. The van der Waals surface area contributed by atoms with Crippen LogP contribution in [0.3, 0.4) is 0 Å². The molecule has 0 radical (unpaired) electrons. The molecule has 0 aliphatic heterocycles. The molecular weight excluding hydrogens is 381 g/mol. The van der Waals surface area contributed by atoms with Crippen molar-refractivity contribution in [3.8, 4) is 0 Å². The molecule has 0 aliphatic carbocycles. The number of para-hydroxylation sites is 2. The SMILES string of the molecule is CCCCC(CC)Cn1c2ccccc2c2cccc(I)c21. The first kappa shape index (κ1) is 15.9. The molecule has 0 bridgehead atoms. The first-order chi connectivity index (χ1) is 10.8. The normalized spacial score (nSPS) is 13.0. The van der Waals surface area contributed by atoms with Gasteiger partial charge in [0, 0.05) is 26.4 Å². The third kappa shape index (κ3) is 2.90. The van der Waals surface area contributed by atoms with Gasteiger partial charge in [0.05, 0.1) is 5.52 Å². The Morgan fingerprint density at radius 1 is 1.00 bits per heavy atom. The largest absolute Gasteiger partial charge is 0.339 e. The van der Waals surface area contributed by atoms with E-state index in [1.54, 1.807) is 0 Å². The number of halogens is 1. The van der Waals surface area contributed by atoms with Gasteiger partial charge < -0.3 is 4.57 Å². The summed E-state index contributed by atoms with van der Waals surface area (Å²) in [6, 6.07) is 15.5. The Morgan fingerprint density at radius 3 is 2.55 bits per heavy atom. The van der Waals surface area contributed by atoms with E-state index in [1.807, 2.05) is 0 Å². The third-order valence-electron chi connectivity index (χ3n) is 4.73. The van der Waals surface area contributed by atoms with Crippen molar-refractivity contribution in [3.63, 3.8) is 0 Å². The fourth-order valence-corrected chi connectivity index (χ4v) is 4.22. The van der Waals surface area contributed by atoms with Gasteiger partial charge in [-0.15, -0.1) is 0 Å². The highest BCUT2D eigenvalue weighted by Crippen LogP contribution is 2.33. The number of hydrogen-bond acceptors (Lipinski definition) is 0. The van der Waals surface area contributed by atoms with Crippen LogP contribution >= 0.6 is 22.6 Å². The van der Waals surface area contributed by atoms with Gasteiger partial charge in [0.25, 0.3) is 0 Å². The number of benzene rings is 2. The zero-order valence-corrected chi connectivity index (χ0v) is 15.6. The molecule has 0 spiro atoms. The number of rotatable bonds is 6. The average Bonchev–Trinajstić information content (AvgIpc) is 2.87. The van der Waals surface area contributed by atoms with Gasteiger partial charge in [0.2, 0.25) is 0 Å². The van der Waals surface area contributed by atoms with E-state index in [0.29, 0.717) is 0 Å². The van der Waals surface area contributed by atoms with Crippen molar-refractivity contribution in [2.45, 2.75) is 46.1 Å². The van der Waals surface area contributed by atoms with Crippen LogP contribution in [0, 0.1) is 9.49 Å². The Balaban J connectivity index is 2.13. The summed E-state index contributed by atoms with van der Waals surface area (Å²) < 4.78 is 3.92. The van der Waals surface area contributed by atoms with Crippen LogP contribution in [0.5, 0.6) is 0 Å². The smallest absolute Gasteiger partial charge is 0.0627 e. The summed E-state index contributed by atoms with van der Waals surface area (Å²) in [5.74, 6) is 0.773. The number of unbranched alkanes of at least 4 members (excludes halogenated alkanes) is 1. The number of fused-ring (bicyclic) bond motifs is 3. The van der Waals surface area contributed by atoms with Gasteiger partial charge in [0.15, 0.2) is 0 Å². The number of aromatic nitrogens is 1. The second-order valence-corrected chi connectivity index (χ2v) is 7.34. The highest BCUT2D eigenvalue weighted by atomic mass is 127. The maximum atomic E-state index is 2.57. The summed E-state index contributed by atoms with van der Waals surface area (Å²) in [4.78, 5) is 0. The summed E-state index contributed by atoms with van der Waals surface area (Å²) in [5, 5.41) is 2.79. The second-order valence-electron chi connectivity index (χ2n) is 6.18. The monoisotopic (exact) mass is 405 g/mol. The van der Waals surface area contributed by atoms with Crippen LogP contribution in [0.2, 0.25) is 0 Å². The molecule has 1 atom stereocenters. The standard InChI is InChI=1S/C20H24IN/c1-3-5-9-15(4-2)14-22-19-13-7-6-10-16(19)17-11-8-12-18(21)20(17)22/h6-8,10-13,15H,3-5,9,14H2,1-2H3. The van der Waals surface area contributed by atoms with E-state index >= 15 is 0 Å². The topological polar surface area (TPSA) is 4.93 Å². The molecule has 0 saturated carbocycles. The molecule has 1 unspecified atom stereocenters. The summed E-state index contributed by atoms with van der Waals surface area (Å²) in [6.45, 7) is 5.76. The Hall–Kier alpha value is -1.03. The highest BCUT2D eigenvalue weighted by molar-refractivity contribution is 14.1. The lowest BCUT2D eigenvalue weighted by Crippen LogP contribution is -2.10. The molecule has 0 N–H and O–H groups in total. The lowest BCUT2D eigenvalue weighted by Gasteiger charge is -2.17. The van der Waals surface area contributed by atoms with Crippen molar-refractivity contribution in [1.82, 2.24) is 4.57 Å². The lowest BCUT2D eigenvalue weighted by molar-refractivity contribution is 0.401. The Kier molecular flexibility index (Phi) is 5.07. The number of hydrogen-bond donors (Lipinski definition) is 0. The summed E-state index contributed by atoms with van der Waals surface area (Å²) in [7, 11) is 0. The molecule has 0 saturated heterocycles. The van der Waals surface area contributed by atoms with Gasteiger partial charge >= 0.3 is 0 Å². The van der Waals surface area contributed by atoms with E-state index in [-0.39, 0.29) is 0 Å². The second kappa shape index (κ2) is 7.03. The van der Waals surface area contributed by atoms with Crippen LogP contribution < -0.4 is 0 Å². The van der Waals surface area contributed by atoms with E-state index < -0.39 is 0 Å². The molecule has 3 rings (SSSR count). The fourth-order valence-electron chi connectivity index (χ4n) is 3.43. The van der Waals surface area contributed by atoms with Crippen LogP contribution in [0.25, 0.3) is 21.8 Å². The minimum absolute atomic E-state index is 0.773. The third-order valence-corrected chi connectivity index (χ3v) is 5.60. The molecule has 22 heavy (non-hydrogen) atoms. The van der Waals surface area contributed by atoms with E-state index in [0.717, 1.165) is 12.5 Å². The molecule has 2 aromatic carbocycles. The predicted molar refractivity (Wildman–Crippen MR) is 105 cm³/mol. The van der Waals surface area contributed by atoms with Crippen LogP contribution in [-0.2, 0) is 6.54 Å². The summed E-state index contributed by atoms with van der Waals surface area (Å²) >= 11 is 2.49. The van der Waals surface area contributed by atoms with Gasteiger partial charge in [-0.05, 0) is 47.1 Å². The Morgan fingerprint density at radius 2 is 1.77 bits per heavy atom. The van der Waals surface area contributed by atoms with Crippen LogP contribution in [0.1, 0.15) is 39.5 Å². The van der Waals surface area contributed by atoms with Gasteiger partial charge in [-0.2, -0.15) is 0 Å². The first-order valence-corrected chi connectivity index (χ1v) is 9.49. The van der Waals surface area contributed by atoms with Crippen LogP contribution in [0.4, 0.5) is 0 Å². The van der Waals surface area contributed by atoms with Gasteiger partial charge in [-0.25, -0.2) is 0 Å². The lowest BCUT2D eigenvalue weighted by atomic mass is 9.99. The molecule has 116 valence electrons. The van der Waals surface area contributed by atoms with Crippen molar-refractivity contribution in [2.75, 3.05) is 0 Å².